The van der Waals surface area contributed by atoms with Gasteiger partial charge in [-0.1, -0.05) is 6.92 Å². The van der Waals surface area contributed by atoms with E-state index < -0.39 is 5.92 Å². The van der Waals surface area contributed by atoms with Crippen LogP contribution in [0.15, 0.2) is 0 Å². The molecule has 56 valence electrons. The number of esters is 1. The van der Waals surface area contributed by atoms with Crippen molar-refractivity contribution in [1.29, 1.82) is 0 Å². The molecule has 0 aromatic heterocycles. The van der Waals surface area contributed by atoms with Crippen molar-refractivity contribution < 1.29 is 14.3 Å². The van der Waals surface area contributed by atoms with Crippen molar-refractivity contribution in [2.24, 2.45) is 5.92 Å². The highest BCUT2D eigenvalue weighted by atomic mass is 16.6. The van der Waals surface area contributed by atoms with Crippen LogP contribution < -0.4 is 0 Å². The fourth-order valence-corrected chi connectivity index (χ4v) is 0.880. The van der Waals surface area contributed by atoms with E-state index in [2.05, 4.69) is 4.74 Å². The van der Waals surface area contributed by atoms with Crippen LogP contribution in [0, 0.1) is 5.92 Å². The quantitative estimate of drug-likeness (QED) is 0.426. The van der Waals surface area contributed by atoms with Crippen molar-refractivity contribution in [2.45, 2.75) is 19.8 Å². The summed E-state index contributed by atoms with van der Waals surface area (Å²) >= 11 is 0. The molecule has 0 amide bonds. The third-order valence-electron chi connectivity index (χ3n) is 1.56. The molecule has 0 aromatic carbocycles. The molecule has 1 fully saturated rings. The van der Waals surface area contributed by atoms with Gasteiger partial charge >= 0.3 is 5.97 Å². The minimum absolute atomic E-state index is 0.0266. The van der Waals surface area contributed by atoms with Gasteiger partial charge in [0.15, 0.2) is 5.78 Å². The van der Waals surface area contributed by atoms with Gasteiger partial charge in [-0.2, -0.15) is 0 Å². The minimum atomic E-state index is -0.431. The Morgan fingerprint density at radius 2 is 2.50 bits per heavy atom. The van der Waals surface area contributed by atoms with Crippen molar-refractivity contribution in [3.8, 4) is 0 Å². The molecule has 0 aromatic rings. The van der Waals surface area contributed by atoms with Gasteiger partial charge in [0.2, 0.25) is 0 Å². The minimum Gasteiger partial charge on any atom is -0.464 e. The van der Waals surface area contributed by atoms with Crippen LogP contribution in [0.5, 0.6) is 0 Å². The predicted molar refractivity (Wildman–Crippen MR) is 34.4 cm³/mol. The highest BCUT2D eigenvalue weighted by Crippen LogP contribution is 2.15. The number of cyclic esters (lactones) is 1. The lowest BCUT2D eigenvalue weighted by atomic mass is 9.98. The predicted octanol–water partition coefficient (Wildman–Crippen LogP) is 0.529. The van der Waals surface area contributed by atoms with E-state index in [1.165, 1.54) is 0 Å². The molecule has 0 N–H and O–H groups in total. The van der Waals surface area contributed by atoms with E-state index >= 15 is 0 Å². The molecular formula is C7H10O3. The second-order valence-corrected chi connectivity index (χ2v) is 2.40. The summed E-state index contributed by atoms with van der Waals surface area (Å²) in [7, 11) is 0. The van der Waals surface area contributed by atoms with Crippen LogP contribution in [0.3, 0.4) is 0 Å². The number of hydrogen-bond acceptors (Lipinski definition) is 3. The zero-order valence-electron chi connectivity index (χ0n) is 5.92. The van der Waals surface area contributed by atoms with Gasteiger partial charge in [0.05, 0.1) is 0 Å². The first-order valence-electron chi connectivity index (χ1n) is 3.45. The fourth-order valence-electron chi connectivity index (χ4n) is 0.880. The molecule has 0 bridgehead atoms. The van der Waals surface area contributed by atoms with Gasteiger partial charge in [-0.05, 0) is 6.42 Å². The monoisotopic (exact) mass is 142 g/mol. The molecule has 1 aliphatic heterocycles. The third-order valence-corrected chi connectivity index (χ3v) is 1.56. The first-order chi connectivity index (χ1) is 4.75. The average molecular weight is 142 g/mol. The van der Waals surface area contributed by atoms with Crippen molar-refractivity contribution in [3.63, 3.8) is 0 Å². The van der Waals surface area contributed by atoms with Crippen molar-refractivity contribution in [3.05, 3.63) is 0 Å². The van der Waals surface area contributed by atoms with Crippen LogP contribution in [-0.2, 0) is 14.3 Å². The van der Waals surface area contributed by atoms with Crippen LogP contribution in [-0.4, -0.2) is 18.4 Å². The van der Waals surface area contributed by atoms with Crippen LogP contribution in [0.4, 0.5) is 0 Å². The van der Waals surface area contributed by atoms with Crippen molar-refractivity contribution in [1.82, 2.24) is 0 Å². The third kappa shape index (κ3) is 1.17. The Kier molecular flexibility index (Phi) is 2.04. The number of carbonyl (C=O) groups is 2. The van der Waals surface area contributed by atoms with Gasteiger partial charge in [-0.15, -0.1) is 0 Å². The van der Waals surface area contributed by atoms with E-state index in [1.807, 2.05) is 6.92 Å². The SMILES string of the molecule is CCCC(=O)C1COC1=O. The maximum atomic E-state index is 10.9. The number of Topliss-reactive ketones (excluding diaryl/α,β-unsaturated/α-hetero) is 1. The highest BCUT2D eigenvalue weighted by Gasteiger charge is 2.36. The van der Waals surface area contributed by atoms with Crippen molar-refractivity contribution >= 4 is 11.8 Å². The number of rotatable bonds is 3. The van der Waals surface area contributed by atoms with Gasteiger partial charge in [0.1, 0.15) is 12.5 Å². The molecule has 1 saturated heterocycles. The molecule has 3 heteroatoms. The van der Waals surface area contributed by atoms with Crippen LogP contribution >= 0.6 is 0 Å². The molecule has 0 radical (unpaired) electrons. The number of hydrogen-bond donors (Lipinski definition) is 0. The van der Waals surface area contributed by atoms with E-state index in [0.717, 1.165) is 6.42 Å². The summed E-state index contributed by atoms with van der Waals surface area (Å²) in [5.74, 6) is -0.753. The summed E-state index contributed by atoms with van der Waals surface area (Å²) in [6.07, 6.45) is 1.31. The van der Waals surface area contributed by atoms with E-state index in [4.69, 9.17) is 0 Å². The molecule has 1 atom stereocenters. The molecule has 1 rings (SSSR count). The lowest BCUT2D eigenvalue weighted by Crippen LogP contribution is -2.40. The van der Waals surface area contributed by atoms with Crippen LogP contribution in [0.1, 0.15) is 19.8 Å². The lowest BCUT2D eigenvalue weighted by molar-refractivity contribution is -0.171. The van der Waals surface area contributed by atoms with Crippen LogP contribution in [0.25, 0.3) is 0 Å². The topological polar surface area (TPSA) is 43.4 Å². The summed E-state index contributed by atoms with van der Waals surface area (Å²) < 4.78 is 4.45. The molecule has 10 heavy (non-hydrogen) atoms. The first kappa shape index (κ1) is 7.25. The van der Waals surface area contributed by atoms with Gasteiger partial charge in [-0.3, -0.25) is 9.59 Å². The maximum absolute atomic E-state index is 10.9. The number of carbonyl (C=O) groups excluding carboxylic acids is 2. The van der Waals surface area contributed by atoms with Crippen LogP contribution in [0.2, 0.25) is 0 Å². The Morgan fingerprint density at radius 3 is 2.80 bits per heavy atom. The van der Waals surface area contributed by atoms with E-state index in [-0.39, 0.29) is 11.8 Å². The maximum Gasteiger partial charge on any atom is 0.320 e. The van der Waals surface area contributed by atoms with Gasteiger partial charge in [0.25, 0.3) is 0 Å². The Bertz CT molecular complexity index is 162. The summed E-state index contributed by atoms with van der Waals surface area (Å²) in [4.78, 5) is 21.4. The van der Waals surface area contributed by atoms with Gasteiger partial charge < -0.3 is 4.74 Å². The summed E-state index contributed by atoms with van der Waals surface area (Å²) in [5.41, 5.74) is 0. The lowest BCUT2D eigenvalue weighted by Gasteiger charge is -2.22. The normalized spacial score (nSPS) is 23.3. The van der Waals surface area contributed by atoms with E-state index in [1.54, 1.807) is 0 Å². The molecule has 1 unspecified atom stereocenters. The molecule has 0 spiro atoms. The highest BCUT2D eigenvalue weighted by molar-refractivity contribution is 6.02. The summed E-state index contributed by atoms with van der Waals surface area (Å²) in [6.45, 7) is 2.22. The summed E-state index contributed by atoms with van der Waals surface area (Å²) in [5, 5.41) is 0. The van der Waals surface area contributed by atoms with Crippen molar-refractivity contribution in [2.75, 3.05) is 6.61 Å². The molecule has 0 aliphatic carbocycles. The number of ether oxygens (including phenoxy) is 1. The van der Waals surface area contributed by atoms with E-state index in [0.29, 0.717) is 13.0 Å². The molecule has 3 nitrogen and oxygen atoms in total. The van der Waals surface area contributed by atoms with Gasteiger partial charge in [0, 0.05) is 6.42 Å². The second kappa shape index (κ2) is 2.82. The molecular weight excluding hydrogens is 132 g/mol. The smallest absolute Gasteiger partial charge is 0.320 e. The van der Waals surface area contributed by atoms with Gasteiger partial charge in [-0.25, -0.2) is 0 Å². The Hall–Kier alpha value is -0.860. The van der Waals surface area contributed by atoms with E-state index in [9.17, 15) is 9.59 Å². The number of ketones is 1. The molecule has 0 saturated carbocycles. The zero-order chi connectivity index (χ0) is 7.56. The second-order valence-electron chi connectivity index (χ2n) is 2.40. The standard InChI is InChI=1S/C7H10O3/c1-2-3-6(8)5-4-10-7(5)9/h5H,2-4H2,1H3. The average Bonchev–Trinajstić information content (AvgIpc) is 1.85. The Balaban J connectivity index is 2.34. The summed E-state index contributed by atoms with van der Waals surface area (Å²) in [6, 6.07) is 0. The molecule has 1 aliphatic rings. The molecule has 1 heterocycles. The fraction of sp³-hybridized carbons (Fsp3) is 0.714. The first-order valence-corrected chi connectivity index (χ1v) is 3.45. The zero-order valence-corrected chi connectivity index (χ0v) is 5.92. The largest absolute Gasteiger partial charge is 0.464 e. The Morgan fingerprint density at radius 1 is 1.80 bits per heavy atom. The Labute approximate surface area is 59.4 Å².